The lowest BCUT2D eigenvalue weighted by Crippen LogP contribution is -2.24. The summed E-state index contributed by atoms with van der Waals surface area (Å²) in [6.07, 6.45) is 4.81. The first-order valence-corrected chi connectivity index (χ1v) is 6.81. The Morgan fingerprint density at radius 3 is 2.77 bits per heavy atom. The van der Waals surface area contributed by atoms with Crippen LogP contribution in [0.15, 0.2) is 11.6 Å². The van der Waals surface area contributed by atoms with E-state index in [1.165, 1.54) is 29.9 Å². The predicted octanol–water partition coefficient (Wildman–Crippen LogP) is 2.51. The normalized spacial score (nSPS) is 32.2. The van der Waals surface area contributed by atoms with Crippen molar-refractivity contribution >= 4 is 23.5 Å². The van der Waals surface area contributed by atoms with Crippen molar-refractivity contribution in [1.29, 1.82) is 0 Å². The van der Waals surface area contributed by atoms with Crippen LogP contribution in [0.25, 0.3) is 0 Å². The average Bonchev–Trinajstić information content (AvgIpc) is 2.54. The molecule has 0 aromatic heterocycles. The molecule has 1 aliphatic carbocycles. The van der Waals surface area contributed by atoms with Crippen molar-refractivity contribution < 1.29 is 5.11 Å². The van der Waals surface area contributed by atoms with Crippen LogP contribution in [0.1, 0.15) is 19.8 Å². The van der Waals surface area contributed by atoms with Crippen LogP contribution in [-0.2, 0) is 0 Å². The minimum atomic E-state index is 0.327. The van der Waals surface area contributed by atoms with Gasteiger partial charge in [0, 0.05) is 24.0 Å². The molecule has 0 aromatic rings. The highest BCUT2D eigenvalue weighted by molar-refractivity contribution is 8.21. The Kier molecular flexibility index (Phi) is 2.96. The van der Waals surface area contributed by atoms with E-state index in [1.54, 1.807) is 0 Å². The van der Waals surface area contributed by atoms with E-state index in [-0.39, 0.29) is 0 Å². The van der Waals surface area contributed by atoms with E-state index in [2.05, 4.69) is 36.5 Å². The molecule has 0 aromatic carbocycles. The summed E-state index contributed by atoms with van der Waals surface area (Å²) >= 11 is 4.17. The molecule has 1 saturated heterocycles. The zero-order chi connectivity index (χ0) is 9.31. The van der Waals surface area contributed by atoms with Crippen molar-refractivity contribution in [2.45, 2.75) is 23.8 Å². The first-order valence-electron chi connectivity index (χ1n) is 4.84. The maximum atomic E-state index is 9.14. The Bertz CT molecular complexity index is 219. The Balaban J connectivity index is 2.14. The molecule has 1 spiro atoms. The number of hydrogen-bond acceptors (Lipinski definition) is 3. The molecule has 1 fully saturated rings. The Hall–Kier alpha value is 0.400. The van der Waals surface area contributed by atoms with E-state index in [1.807, 2.05) is 0 Å². The van der Waals surface area contributed by atoms with Crippen LogP contribution in [-0.4, -0.2) is 27.3 Å². The standard InChI is InChI=1S/C10H16OS2/c1-8-6-10(12-4-5-13-10)3-2-9(8)7-11/h6,9,11H,2-5,7H2,1H3/t9-/m0/s1. The lowest BCUT2D eigenvalue weighted by atomic mass is 9.89. The van der Waals surface area contributed by atoms with E-state index in [0.29, 0.717) is 16.6 Å². The van der Waals surface area contributed by atoms with Gasteiger partial charge in [0.1, 0.15) is 0 Å². The first kappa shape index (κ1) is 9.94. The van der Waals surface area contributed by atoms with E-state index < -0.39 is 0 Å². The number of hydrogen-bond donors (Lipinski definition) is 1. The Morgan fingerprint density at radius 2 is 2.23 bits per heavy atom. The van der Waals surface area contributed by atoms with E-state index >= 15 is 0 Å². The SMILES string of the molecule is CC1=CC2(CC[C@H]1CO)SCCS2. The van der Waals surface area contributed by atoms with Crippen molar-refractivity contribution in [3.05, 3.63) is 11.6 Å². The quantitative estimate of drug-likeness (QED) is 0.680. The number of thioether (sulfide) groups is 2. The predicted molar refractivity (Wildman–Crippen MR) is 61.2 cm³/mol. The van der Waals surface area contributed by atoms with Crippen LogP contribution >= 0.6 is 23.5 Å². The molecule has 74 valence electrons. The average molecular weight is 216 g/mol. The fourth-order valence-corrected chi connectivity index (χ4v) is 5.33. The molecule has 0 unspecified atom stereocenters. The summed E-state index contributed by atoms with van der Waals surface area (Å²) in [5, 5.41) is 9.14. The molecule has 2 aliphatic rings. The summed E-state index contributed by atoms with van der Waals surface area (Å²) in [5.74, 6) is 3.02. The highest BCUT2D eigenvalue weighted by Gasteiger charge is 2.37. The minimum absolute atomic E-state index is 0.327. The van der Waals surface area contributed by atoms with Crippen LogP contribution in [0.4, 0.5) is 0 Å². The fourth-order valence-electron chi connectivity index (χ4n) is 2.07. The molecular formula is C10H16OS2. The third kappa shape index (κ3) is 1.92. The summed E-state index contributed by atoms with van der Waals surface area (Å²) in [5.41, 5.74) is 1.40. The highest BCUT2D eigenvalue weighted by Crippen LogP contribution is 2.52. The molecule has 2 rings (SSSR count). The van der Waals surface area contributed by atoms with Gasteiger partial charge in [0.25, 0.3) is 0 Å². The maximum Gasteiger partial charge on any atom is 0.0794 e. The van der Waals surface area contributed by atoms with Crippen LogP contribution in [0.2, 0.25) is 0 Å². The smallest absolute Gasteiger partial charge is 0.0794 e. The topological polar surface area (TPSA) is 20.2 Å². The van der Waals surface area contributed by atoms with E-state index in [4.69, 9.17) is 5.11 Å². The summed E-state index contributed by atoms with van der Waals surface area (Å²) in [6, 6.07) is 0. The largest absolute Gasteiger partial charge is 0.396 e. The second kappa shape index (κ2) is 3.87. The van der Waals surface area contributed by atoms with Crippen LogP contribution < -0.4 is 0 Å². The molecule has 1 aliphatic heterocycles. The van der Waals surface area contributed by atoms with Gasteiger partial charge in [-0.3, -0.25) is 0 Å². The van der Waals surface area contributed by atoms with Gasteiger partial charge in [0.05, 0.1) is 4.08 Å². The van der Waals surface area contributed by atoms with Gasteiger partial charge in [-0.2, -0.15) is 0 Å². The Labute approximate surface area is 88.4 Å². The van der Waals surface area contributed by atoms with Crippen molar-refractivity contribution in [3.63, 3.8) is 0 Å². The summed E-state index contributed by atoms with van der Waals surface area (Å²) < 4.78 is 0.385. The highest BCUT2D eigenvalue weighted by atomic mass is 32.2. The molecule has 0 amide bonds. The van der Waals surface area contributed by atoms with Gasteiger partial charge in [0.15, 0.2) is 0 Å². The van der Waals surface area contributed by atoms with Crippen molar-refractivity contribution in [3.8, 4) is 0 Å². The van der Waals surface area contributed by atoms with Gasteiger partial charge in [-0.05, 0) is 19.8 Å². The molecule has 1 N–H and O–H groups in total. The summed E-state index contributed by atoms with van der Waals surface area (Å²) in [4.78, 5) is 0. The molecule has 0 bridgehead atoms. The molecule has 3 heteroatoms. The molecule has 1 atom stereocenters. The molecule has 1 nitrogen and oxygen atoms in total. The summed E-state index contributed by atoms with van der Waals surface area (Å²) in [7, 11) is 0. The summed E-state index contributed by atoms with van der Waals surface area (Å²) in [6.45, 7) is 2.50. The van der Waals surface area contributed by atoms with Gasteiger partial charge in [-0.25, -0.2) is 0 Å². The Morgan fingerprint density at radius 1 is 1.54 bits per heavy atom. The molecular weight excluding hydrogens is 200 g/mol. The lowest BCUT2D eigenvalue weighted by molar-refractivity contribution is 0.233. The van der Waals surface area contributed by atoms with E-state index in [9.17, 15) is 0 Å². The molecule has 1 heterocycles. The van der Waals surface area contributed by atoms with Gasteiger partial charge >= 0.3 is 0 Å². The van der Waals surface area contributed by atoms with Crippen molar-refractivity contribution in [2.75, 3.05) is 18.1 Å². The van der Waals surface area contributed by atoms with Gasteiger partial charge in [-0.15, -0.1) is 23.5 Å². The van der Waals surface area contributed by atoms with Crippen molar-refractivity contribution in [1.82, 2.24) is 0 Å². The second-order valence-corrected chi connectivity index (χ2v) is 6.92. The monoisotopic (exact) mass is 216 g/mol. The number of aliphatic hydroxyl groups excluding tert-OH is 1. The minimum Gasteiger partial charge on any atom is -0.396 e. The number of aliphatic hydroxyl groups is 1. The third-order valence-corrected chi connectivity index (χ3v) is 6.33. The van der Waals surface area contributed by atoms with Crippen LogP contribution in [0.3, 0.4) is 0 Å². The fraction of sp³-hybridized carbons (Fsp3) is 0.800. The first-order chi connectivity index (χ1) is 6.26. The van der Waals surface area contributed by atoms with E-state index in [0.717, 1.165) is 0 Å². The van der Waals surface area contributed by atoms with Gasteiger partial charge < -0.3 is 5.11 Å². The van der Waals surface area contributed by atoms with Crippen LogP contribution in [0, 0.1) is 5.92 Å². The van der Waals surface area contributed by atoms with Crippen LogP contribution in [0.5, 0.6) is 0 Å². The third-order valence-electron chi connectivity index (χ3n) is 2.93. The maximum absolute atomic E-state index is 9.14. The molecule has 0 radical (unpaired) electrons. The lowest BCUT2D eigenvalue weighted by Gasteiger charge is -2.32. The molecule has 0 saturated carbocycles. The zero-order valence-electron chi connectivity index (χ0n) is 7.95. The molecule has 13 heavy (non-hydrogen) atoms. The van der Waals surface area contributed by atoms with Gasteiger partial charge in [-0.1, -0.05) is 11.6 Å². The number of rotatable bonds is 1. The van der Waals surface area contributed by atoms with Gasteiger partial charge in [0.2, 0.25) is 0 Å². The van der Waals surface area contributed by atoms with Crippen molar-refractivity contribution in [2.24, 2.45) is 5.92 Å². The second-order valence-electron chi connectivity index (χ2n) is 3.82. The zero-order valence-corrected chi connectivity index (χ0v) is 9.59.